The Morgan fingerprint density at radius 2 is 1.74 bits per heavy atom. The Kier molecular flexibility index (Phi) is 5.71. The molecule has 0 saturated carbocycles. The lowest BCUT2D eigenvalue weighted by Crippen LogP contribution is -2.12. The van der Waals surface area contributed by atoms with E-state index < -0.39 is 0 Å². The van der Waals surface area contributed by atoms with Crippen LogP contribution in [0, 0.1) is 0 Å². The lowest BCUT2D eigenvalue weighted by Gasteiger charge is -2.11. The summed E-state index contributed by atoms with van der Waals surface area (Å²) in [6.45, 7) is 2.40. The normalized spacial score (nSPS) is 10.1. The van der Waals surface area contributed by atoms with Gasteiger partial charge in [0, 0.05) is 11.3 Å². The van der Waals surface area contributed by atoms with Crippen LogP contribution < -0.4 is 19.5 Å². The first-order valence-corrected chi connectivity index (χ1v) is 7.42. The van der Waals surface area contributed by atoms with Gasteiger partial charge in [-0.05, 0) is 43.3 Å². The van der Waals surface area contributed by atoms with Gasteiger partial charge in [0.05, 0.1) is 25.8 Å². The highest BCUT2D eigenvalue weighted by Gasteiger charge is 2.12. The van der Waals surface area contributed by atoms with Gasteiger partial charge in [-0.3, -0.25) is 4.79 Å². The highest BCUT2D eigenvalue weighted by molar-refractivity contribution is 6.32. The Morgan fingerprint density at radius 1 is 1.04 bits per heavy atom. The number of anilines is 1. The van der Waals surface area contributed by atoms with Gasteiger partial charge in [-0.25, -0.2) is 0 Å². The van der Waals surface area contributed by atoms with Crippen molar-refractivity contribution in [2.24, 2.45) is 0 Å². The van der Waals surface area contributed by atoms with Gasteiger partial charge in [-0.15, -0.1) is 0 Å². The molecule has 0 aromatic heterocycles. The minimum absolute atomic E-state index is 0.272. The first kappa shape index (κ1) is 17.0. The molecule has 0 atom stereocenters. The lowest BCUT2D eigenvalue weighted by molar-refractivity contribution is 0.102. The summed E-state index contributed by atoms with van der Waals surface area (Å²) >= 11 is 6.11. The van der Waals surface area contributed by atoms with Gasteiger partial charge in [0.15, 0.2) is 11.5 Å². The smallest absolute Gasteiger partial charge is 0.255 e. The Labute approximate surface area is 140 Å². The minimum Gasteiger partial charge on any atom is -0.493 e. The SMILES string of the molecule is CCOc1ccc(NC(=O)c2ccc(OC)c(OC)c2)cc1Cl. The van der Waals surface area contributed by atoms with Gasteiger partial charge in [-0.2, -0.15) is 0 Å². The molecule has 1 amide bonds. The van der Waals surface area contributed by atoms with Crippen molar-refractivity contribution in [1.82, 2.24) is 0 Å². The van der Waals surface area contributed by atoms with E-state index in [0.717, 1.165) is 0 Å². The standard InChI is InChI=1S/C17H18ClNO4/c1-4-23-14-8-6-12(10-13(14)18)19-17(20)11-5-7-15(21-2)16(9-11)22-3/h5-10H,4H2,1-3H3,(H,19,20). The molecular formula is C17H18ClNO4. The third-order valence-electron chi connectivity index (χ3n) is 3.14. The molecule has 1 N–H and O–H groups in total. The van der Waals surface area contributed by atoms with Crippen molar-refractivity contribution >= 4 is 23.2 Å². The molecule has 6 heteroatoms. The maximum Gasteiger partial charge on any atom is 0.255 e. The van der Waals surface area contributed by atoms with Gasteiger partial charge in [0.25, 0.3) is 5.91 Å². The van der Waals surface area contributed by atoms with Crippen molar-refractivity contribution in [1.29, 1.82) is 0 Å². The summed E-state index contributed by atoms with van der Waals surface area (Å²) in [5.41, 5.74) is 1.03. The summed E-state index contributed by atoms with van der Waals surface area (Å²) in [6.07, 6.45) is 0. The van der Waals surface area contributed by atoms with Crippen LogP contribution in [-0.2, 0) is 0 Å². The molecule has 0 radical (unpaired) electrons. The first-order chi connectivity index (χ1) is 11.1. The van der Waals surface area contributed by atoms with Crippen LogP contribution in [0.4, 0.5) is 5.69 Å². The lowest BCUT2D eigenvalue weighted by atomic mass is 10.2. The predicted octanol–water partition coefficient (Wildman–Crippen LogP) is 4.01. The Hall–Kier alpha value is -2.40. The summed E-state index contributed by atoms with van der Waals surface area (Å²) in [5.74, 6) is 1.36. The van der Waals surface area contributed by atoms with E-state index in [-0.39, 0.29) is 5.91 Å². The fourth-order valence-electron chi connectivity index (χ4n) is 2.03. The molecule has 0 spiro atoms. The van der Waals surface area contributed by atoms with Crippen LogP contribution in [0.15, 0.2) is 36.4 Å². The Balaban J connectivity index is 2.17. The highest BCUT2D eigenvalue weighted by Crippen LogP contribution is 2.29. The number of rotatable bonds is 6. The first-order valence-electron chi connectivity index (χ1n) is 7.04. The van der Waals surface area contributed by atoms with E-state index in [9.17, 15) is 4.79 Å². The molecule has 0 unspecified atom stereocenters. The third kappa shape index (κ3) is 4.07. The van der Waals surface area contributed by atoms with Crippen molar-refractivity contribution in [3.8, 4) is 17.2 Å². The van der Waals surface area contributed by atoms with Crippen LogP contribution >= 0.6 is 11.6 Å². The summed E-state index contributed by atoms with van der Waals surface area (Å²) in [7, 11) is 3.06. The summed E-state index contributed by atoms with van der Waals surface area (Å²) < 4.78 is 15.7. The molecule has 0 fully saturated rings. The van der Waals surface area contributed by atoms with Crippen molar-refractivity contribution in [3.05, 3.63) is 47.0 Å². The van der Waals surface area contributed by atoms with Crippen LogP contribution in [0.25, 0.3) is 0 Å². The van der Waals surface area contributed by atoms with Gasteiger partial charge in [0.2, 0.25) is 0 Å². The molecule has 0 heterocycles. The maximum atomic E-state index is 12.3. The fourth-order valence-corrected chi connectivity index (χ4v) is 2.27. The fraction of sp³-hybridized carbons (Fsp3) is 0.235. The molecule has 0 aliphatic heterocycles. The van der Waals surface area contributed by atoms with Gasteiger partial charge < -0.3 is 19.5 Å². The van der Waals surface area contributed by atoms with Gasteiger partial charge >= 0.3 is 0 Å². The Morgan fingerprint density at radius 3 is 2.35 bits per heavy atom. The number of benzene rings is 2. The number of ether oxygens (including phenoxy) is 3. The topological polar surface area (TPSA) is 56.8 Å². The molecule has 5 nitrogen and oxygen atoms in total. The monoisotopic (exact) mass is 335 g/mol. The number of hydrogen-bond donors (Lipinski definition) is 1. The number of methoxy groups -OCH3 is 2. The molecule has 2 rings (SSSR count). The van der Waals surface area contributed by atoms with Crippen molar-refractivity contribution in [2.75, 3.05) is 26.1 Å². The van der Waals surface area contributed by atoms with E-state index in [2.05, 4.69) is 5.32 Å². The summed E-state index contributed by atoms with van der Waals surface area (Å²) in [4.78, 5) is 12.3. The third-order valence-corrected chi connectivity index (χ3v) is 3.43. The molecule has 2 aromatic rings. The average Bonchev–Trinajstić information content (AvgIpc) is 2.56. The van der Waals surface area contributed by atoms with E-state index in [1.165, 1.54) is 7.11 Å². The number of carbonyl (C=O) groups is 1. The van der Waals surface area contributed by atoms with Crippen LogP contribution in [0.2, 0.25) is 5.02 Å². The van der Waals surface area contributed by atoms with Gasteiger partial charge in [0.1, 0.15) is 5.75 Å². The zero-order valence-electron chi connectivity index (χ0n) is 13.2. The molecule has 0 aliphatic rings. The predicted molar refractivity (Wildman–Crippen MR) is 90.1 cm³/mol. The zero-order chi connectivity index (χ0) is 16.8. The maximum absolute atomic E-state index is 12.3. The highest BCUT2D eigenvalue weighted by atomic mass is 35.5. The number of carbonyl (C=O) groups excluding carboxylic acids is 1. The van der Waals surface area contributed by atoms with E-state index in [0.29, 0.717) is 40.1 Å². The van der Waals surface area contributed by atoms with Crippen LogP contribution in [0.5, 0.6) is 17.2 Å². The van der Waals surface area contributed by atoms with Crippen LogP contribution in [0.1, 0.15) is 17.3 Å². The largest absolute Gasteiger partial charge is 0.493 e. The molecule has 2 aromatic carbocycles. The number of hydrogen-bond acceptors (Lipinski definition) is 4. The molecule has 122 valence electrons. The van der Waals surface area contributed by atoms with Crippen LogP contribution in [0.3, 0.4) is 0 Å². The Bertz CT molecular complexity index is 703. The van der Waals surface area contributed by atoms with Crippen molar-refractivity contribution < 1.29 is 19.0 Å². The second kappa shape index (κ2) is 7.74. The number of halogens is 1. The van der Waals surface area contributed by atoms with E-state index in [1.807, 2.05) is 6.92 Å². The van der Waals surface area contributed by atoms with Gasteiger partial charge in [-0.1, -0.05) is 11.6 Å². The second-order valence-corrected chi connectivity index (χ2v) is 5.01. The molecule has 0 saturated heterocycles. The minimum atomic E-state index is -0.272. The second-order valence-electron chi connectivity index (χ2n) is 4.60. The summed E-state index contributed by atoms with van der Waals surface area (Å²) in [6, 6.07) is 10.0. The molecule has 0 aliphatic carbocycles. The van der Waals surface area contributed by atoms with E-state index in [1.54, 1.807) is 43.5 Å². The summed E-state index contributed by atoms with van der Waals surface area (Å²) in [5, 5.41) is 3.22. The zero-order valence-corrected chi connectivity index (χ0v) is 13.9. The van der Waals surface area contributed by atoms with Crippen molar-refractivity contribution in [3.63, 3.8) is 0 Å². The molecular weight excluding hydrogens is 318 g/mol. The quantitative estimate of drug-likeness (QED) is 0.866. The van der Waals surface area contributed by atoms with E-state index >= 15 is 0 Å². The average molecular weight is 336 g/mol. The van der Waals surface area contributed by atoms with E-state index in [4.69, 9.17) is 25.8 Å². The number of amides is 1. The number of nitrogens with one attached hydrogen (secondary N) is 1. The molecule has 0 bridgehead atoms. The van der Waals surface area contributed by atoms with Crippen molar-refractivity contribution in [2.45, 2.75) is 6.92 Å². The van der Waals surface area contributed by atoms with Crippen LogP contribution in [-0.4, -0.2) is 26.7 Å². The molecule has 23 heavy (non-hydrogen) atoms.